The first-order chi connectivity index (χ1) is 9.74. The number of aryl methyl sites for hydroxylation is 1. The van der Waals surface area contributed by atoms with Crippen LogP contribution in [0, 0.1) is 6.92 Å². The molecular weight excluding hydrogens is 250 g/mol. The van der Waals surface area contributed by atoms with E-state index in [0.717, 1.165) is 18.7 Å². The maximum Gasteiger partial charge on any atom is 0.139 e. The van der Waals surface area contributed by atoms with Gasteiger partial charge in [0.05, 0.1) is 18.2 Å². The summed E-state index contributed by atoms with van der Waals surface area (Å²) in [6.45, 7) is 5.98. The predicted molar refractivity (Wildman–Crippen MR) is 78.5 cm³/mol. The molecule has 0 aliphatic carbocycles. The van der Waals surface area contributed by atoms with Gasteiger partial charge in [-0.3, -0.25) is 0 Å². The lowest BCUT2D eigenvalue weighted by Gasteiger charge is -2.14. The molecule has 0 fully saturated rings. The van der Waals surface area contributed by atoms with Gasteiger partial charge in [-0.1, -0.05) is 6.07 Å². The summed E-state index contributed by atoms with van der Waals surface area (Å²) >= 11 is 0. The highest BCUT2D eigenvalue weighted by molar-refractivity contribution is 5.48. The molecule has 20 heavy (non-hydrogen) atoms. The highest BCUT2D eigenvalue weighted by Crippen LogP contribution is 2.11. The normalized spacial score (nSPS) is 12.9. The zero-order valence-electron chi connectivity index (χ0n) is 11.8. The van der Waals surface area contributed by atoms with E-state index in [-0.39, 0.29) is 0 Å². The fourth-order valence-electron chi connectivity index (χ4n) is 2.39. The highest BCUT2D eigenvalue weighted by Gasteiger charge is 2.07. The molecule has 0 aromatic carbocycles. The Morgan fingerprint density at radius 2 is 2.25 bits per heavy atom. The van der Waals surface area contributed by atoms with Crippen molar-refractivity contribution in [3.05, 3.63) is 54.5 Å². The SMILES string of the molecule is Cc1cccn2c(CN[C@@H](C)Cn3ccnc3)cnc12. The third kappa shape index (κ3) is 2.58. The first-order valence-electron chi connectivity index (χ1n) is 6.84. The van der Waals surface area contributed by atoms with Gasteiger partial charge < -0.3 is 14.3 Å². The number of rotatable bonds is 5. The largest absolute Gasteiger partial charge is 0.336 e. The molecule has 0 bridgehead atoms. The molecule has 104 valence electrons. The predicted octanol–water partition coefficient (Wildman–Crippen LogP) is 2.02. The average molecular weight is 269 g/mol. The van der Waals surface area contributed by atoms with Gasteiger partial charge in [0.2, 0.25) is 0 Å². The van der Waals surface area contributed by atoms with Crippen molar-refractivity contribution in [1.82, 2.24) is 24.3 Å². The Bertz CT molecular complexity index is 683. The Hall–Kier alpha value is -2.14. The van der Waals surface area contributed by atoms with Crippen LogP contribution in [-0.4, -0.2) is 25.0 Å². The van der Waals surface area contributed by atoms with Gasteiger partial charge in [0, 0.05) is 37.7 Å². The van der Waals surface area contributed by atoms with Gasteiger partial charge in [-0.25, -0.2) is 9.97 Å². The zero-order chi connectivity index (χ0) is 13.9. The summed E-state index contributed by atoms with van der Waals surface area (Å²) in [7, 11) is 0. The van der Waals surface area contributed by atoms with Crippen LogP contribution >= 0.6 is 0 Å². The number of pyridine rings is 1. The lowest BCUT2D eigenvalue weighted by atomic mass is 10.3. The summed E-state index contributed by atoms with van der Waals surface area (Å²) in [4.78, 5) is 8.54. The Labute approximate surface area is 118 Å². The molecule has 0 spiro atoms. The Kier molecular flexibility index (Phi) is 3.52. The van der Waals surface area contributed by atoms with Crippen LogP contribution in [0.15, 0.2) is 43.2 Å². The van der Waals surface area contributed by atoms with Crippen molar-refractivity contribution in [3.8, 4) is 0 Å². The number of fused-ring (bicyclic) bond motifs is 1. The first kappa shape index (κ1) is 12.9. The minimum Gasteiger partial charge on any atom is -0.336 e. The molecule has 0 amide bonds. The molecule has 3 heterocycles. The van der Waals surface area contributed by atoms with Crippen LogP contribution in [0.3, 0.4) is 0 Å². The summed E-state index contributed by atoms with van der Waals surface area (Å²) in [5.74, 6) is 0. The molecule has 3 aromatic heterocycles. The number of aromatic nitrogens is 4. The molecule has 5 nitrogen and oxygen atoms in total. The molecule has 0 unspecified atom stereocenters. The minimum absolute atomic E-state index is 0.375. The van der Waals surface area contributed by atoms with Crippen molar-refractivity contribution in [2.45, 2.75) is 33.0 Å². The summed E-state index contributed by atoms with van der Waals surface area (Å²) in [5.41, 5.74) is 3.41. The quantitative estimate of drug-likeness (QED) is 0.771. The molecule has 1 N–H and O–H groups in total. The smallest absolute Gasteiger partial charge is 0.139 e. The number of hydrogen-bond acceptors (Lipinski definition) is 3. The second kappa shape index (κ2) is 5.46. The van der Waals surface area contributed by atoms with E-state index in [9.17, 15) is 0 Å². The van der Waals surface area contributed by atoms with Crippen molar-refractivity contribution in [2.75, 3.05) is 0 Å². The molecule has 0 aliphatic heterocycles. The van der Waals surface area contributed by atoms with Crippen molar-refractivity contribution >= 4 is 5.65 Å². The Morgan fingerprint density at radius 1 is 1.35 bits per heavy atom. The average Bonchev–Trinajstić information content (AvgIpc) is 3.06. The summed E-state index contributed by atoms with van der Waals surface area (Å²) in [6.07, 6.45) is 9.64. The number of imidazole rings is 2. The van der Waals surface area contributed by atoms with Crippen molar-refractivity contribution in [1.29, 1.82) is 0 Å². The van der Waals surface area contributed by atoms with E-state index in [1.165, 1.54) is 11.3 Å². The monoisotopic (exact) mass is 269 g/mol. The summed E-state index contributed by atoms with van der Waals surface area (Å²) < 4.78 is 4.22. The van der Waals surface area contributed by atoms with Crippen LogP contribution in [0.5, 0.6) is 0 Å². The van der Waals surface area contributed by atoms with Gasteiger partial charge >= 0.3 is 0 Å². The van der Waals surface area contributed by atoms with E-state index in [1.807, 2.05) is 18.7 Å². The lowest BCUT2D eigenvalue weighted by Crippen LogP contribution is -2.30. The van der Waals surface area contributed by atoms with Crippen LogP contribution in [0.1, 0.15) is 18.2 Å². The second-order valence-corrected chi connectivity index (χ2v) is 5.18. The van der Waals surface area contributed by atoms with Gasteiger partial charge in [0.15, 0.2) is 0 Å². The van der Waals surface area contributed by atoms with Crippen LogP contribution in [0.25, 0.3) is 5.65 Å². The summed E-state index contributed by atoms with van der Waals surface area (Å²) in [5, 5.41) is 3.53. The minimum atomic E-state index is 0.375. The fourth-order valence-corrected chi connectivity index (χ4v) is 2.39. The van der Waals surface area contributed by atoms with Gasteiger partial charge in [-0.15, -0.1) is 0 Å². The first-order valence-corrected chi connectivity index (χ1v) is 6.84. The summed E-state index contributed by atoms with van der Waals surface area (Å²) in [6, 6.07) is 4.52. The third-order valence-corrected chi connectivity index (χ3v) is 3.48. The van der Waals surface area contributed by atoms with E-state index in [0.29, 0.717) is 6.04 Å². The van der Waals surface area contributed by atoms with E-state index < -0.39 is 0 Å². The van der Waals surface area contributed by atoms with Crippen molar-refractivity contribution in [3.63, 3.8) is 0 Å². The topological polar surface area (TPSA) is 47.1 Å². The standard InChI is InChI=1S/C15H19N5/c1-12-4-3-6-20-14(9-18-15(12)20)8-17-13(2)10-19-7-5-16-11-19/h3-7,9,11,13,17H,8,10H2,1-2H3/t13-/m0/s1. The maximum absolute atomic E-state index is 4.48. The van der Waals surface area contributed by atoms with Gasteiger partial charge in [0.25, 0.3) is 0 Å². The van der Waals surface area contributed by atoms with Crippen molar-refractivity contribution in [2.24, 2.45) is 0 Å². The molecule has 0 aliphatic rings. The number of nitrogens with one attached hydrogen (secondary N) is 1. The number of hydrogen-bond donors (Lipinski definition) is 1. The van der Waals surface area contributed by atoms with Crippen LogP contribution in [-0.2, 0) is 13.1 Å². The van der Waals surface area contributed by atoms with Gasteiger partial charge in [0.1, 0.15) is 5.65 Å². The van der Waals surface area contributed by atoms with Crippen LogP contribution in [0.4, 0.5) is 0 Å². The zero-order valence-corrected chi connectivity index (χ0v) is 11.8. The molecule has 5 heteroatoms. The van der Waals surface area contributed by atoms with Crippen LogP contribution in [0.2, 0.25) is 0 Å². The van der Waals surface area contributed by atoms with Gasteiger partial charge in [-0.05, 0) is 25.5 Å². The van der Waals surface area contributed by atoms with E-state index in [4.69, 9.17) is 0 Å². The lowest BCUT2D eigenvalue weighted by molar-refractivity contribution is 0.472. The number of nitrogens with zero attached hydrogens (tertiary/aromatic N) is 4. The molecular formula is C15H19N5. The molecule has 0 saturated heterocycles. The van der Waals surface area contributed by atoms with E-state index >= 15 is 0 Å². The third-order valence-electron chi connectivity index (χ3n) is 3.48. The molecule has 0 saturated carbocycles. The highest BCUT2D eigenvalue weighted by atomic mass is 15.1. The van der Waals surface area contributed by atoms with Gasteiger partial charge in [-0.2, -0.15) is 0 Å². The Morgan fingerprint density at radius 3 is 3.05 bits per heavy atom. The molecule has 1 atom stereocenters. The van der Waals surface area contributed by atoms with E-state index in [1.54, 1.807) is 6.20 Å². The molecule has 3 aromatic rings. The molecule has 0 radical (unpaired) electrons. The molecule has 3 rings (SSSR count). The second-order valence-electron chi connectivity index (χ2n) is 5.18. The van der Waals surface area contributed by atoms with Crippen molar-refractivity contribution < 1.29 is 0 Å². The van der Waals surface area contributed by atoms with Crippen LogP contribution < -0.4 is 5.32 Å². The fraction of sp³-hybridized carbons (Fsp3) is 0.333. The maximum atomic E-state index is 4.48. The van der Waals surface area contributed by atoms with E-state index in [2.05, 4.69) is 56.4 Å². The Balaban J connectivity index is 1.66.